The largest absolute Gasteiger partial charge is 0.334 e. The van der Waals surface area contributed by atoms with Crippen LogP contribution in [-0.2, 0) is 13.6 Å². The Kier molecular flexibility index (Phi) is 5.71. The highest BCUT2D eigenvalue weighted by Crippen LogP contribution is 2.15. The van der Waals surface area contributed by atoms with Crippen LogP contribution in [0, 0.1) is 16.1 Å². The van der Waals surface area contributed by atoms with Gasteiger partial charge in [0.25, 0.3) is 11.5 Å². The molecule has 0 atom stereocenters. The van der Waals surface area contributed by atoms with E-state index in [0.29, 0.717) is 39.9 Å². The second kappa shape index (κ2) is 8.19. The fourth-order valence-electron chi connectivity index (χ4n) is 3.05. The van der Waals surface area contributed by atoms with Gasteiger partial charge in [0, 0.05) is 25.7 Å². The number of nitrogens with zero attached hydrogens (tertiary/aromatic N) is 3. The number of benzene rings is 2. The van der Waals surface area contributed by atoms with Gasteiger partial charge >= 0.3 is 0 Å². The van der Waals surface area contributed by atoms with Crippen LogP contribution in [0.15, 0.2) is 47.3 Å². The van der Waals surface area contributed by atoms with Crippen LogP contribution in [0.2, 0.25) is 0 Å². The number of hydrogen-bond acceptors (Lipinski definition) is 4. The van der Waals surface area contributed by atoms with Gasteiger partial charge in [0.05, 0.1) is 22.5 Å². The highest BCUT2D eigenvalue weighted by molar-refractivity contribution is 7.71. The van der Waals surface area contributed by atoms with E-state index in [1.165, 1.54) is 4.57 Å². The van der Waals surface area contributed by atoms with Gasteiger partial charge in [0.15, 0.2) is 4.77 Å². The van der Waals surface area contributed by atoms with Crippen molar-refractivity contribution in [2.24, 2.45) is 7.05 Å². The quantitative estimate of drug-likeness (QED) is 0.674. The van der Waals surface area contributed by atoms with Gasteiger partial charge in [-0.15, -0.1) is 0 Å². The lowest BCUT2D eigenvalue weighted by atomic mass is 10.1. The number of nitriles is 1. The Morgan fingerprint density at radius 1 is 1.25 bits per heavy atom. The van der Waals surface area contributed by atoms with E-state index in [0.717, 1.165) is 12.0 Å². The molecule has 0 aliphatic heterocycles. The molecule has 28 heavy (non-hydrogen) atoms. The Bertz CT molecular complexity index is 1190. The van der Waals surface area contributed by atoms with E-state index in [1.54, 1.807) is 42.3 Å². The van der Waals surface area contributed by atoms with Gasteiger partial charge < -0.3 is 9.88 Å². The van der Waals surface area contributed by atoms with E-state index < -0.39 is 0 Å². The maximum absolute atomic E-state index is 13.1. The molecule has 1 amide bonds. The Hall–Kier alpha value is -3.24. The van der Waals surface area contributed by atoms with Gasteiger partial charge in [-0.2, -0.15) is 5.26 Å². The first-order valence-corrected chi connectivity index (χ1v) is 9.36. The number of rotatable bonds is 5. The summed E-state index contributed by atoms with van der Waals surface area (Å²) in [5.41, 5.74) is 2.39. The molecule has 0 fully saturated rings. The number of carbonyl (C=O) groups excluding carboxylic acids is 1. The summed E-state index contributed by atoms with van der Waals surface area (Å²) in [6.07, 6.45) is 0.818. The van der Waals surface area contributed by atoms with Crippen molar-refractivity contribution >= 4 is 29.0 Å². The number of amides is 1. The number of nitrogens with one attached hydrogen (secondary N) is 1. The van der Waals surface area contributed by atoms with Crippen molar-refractivity contribution in [1.82, 2.24) is 14.5 Å². The van der Waals surface area contributed by atoms with Gasteiger partial charge in [0.1, 0.15) is 0 Å². The molecule has 0 saturated heterocycles. The molecule has 6 nitrogen and oxygen atoms in total. The van der Waals surface area contributed by atoms with Crippen LogP contribution < -0.4 is 5.56 Å². The third kappa shape index (κ3) is 3.87. The number of fused-ring (bicyclic) bond motifs is 1. The van der Waals surface area contributed by atoms with Crippen LogP contribution in [0.5, 0.6) is 0 Å². The van der Waals surface area contributed by atoms with E-state index in [-0.39, 0.29) is 11.5 Å². The summed E-state index contributed by atoms with van der Waals surface area (Å²) >= 11 is 5.17. The molecule has 0 aliphatic carbocycles. The van der Waals surface area contributed by atoms with Crippen molar-refractivity contribution in [2.75, 3.05) is 6.54 Å². The summed E-state index contributed by atoms with van der Waals surface area (Å²) in [5.74, 6) is -0.117. The molecule has 2 aromatic carbocycles. The third-order valence-electron chi connectivity index (χ3n) is 4.59. The number of H-pyrrole nitrogens is 1. The summed E-state index contributed by atoms with van der Waals surface area (Å²) in [5, 5.41) is 9.41. The van der Waals surface area contributed by atoms with Crippen molar-refractivity contribution in [1.29, 1.82) is 5.26 Å². The Morgan fingerprint density at radius 2 is 1.96 bits per heavy atom. The lowest BCUT2D eigenvalue weighted by Crippen LogP contribution is -2.31. The van der Waals surface area contributed by atoms with Crippen LogP contribution in [0.4, 0.5) is 0 Å². The molecule has 142 valence electrons. The fraction of sp³-hybridized carbons (Fsp3) is 0.238. The highest BCUT2D eigenvalue weighted by atomic mass is 32.1. The molecule has 0 aliphatic rings. The summed E-state index contributed by atoms with van der Waals surface area (Å²) in [6.45, 7) is 3.06. The lowest BCUT2D eigenvalue weighted by molar-refractivity contribution is 0.0743. The van der Waals surface area contributed by atoms with Crippen molar-refractivity contribution in [3.8, 4) is 6.07 Å². The Labute approximate surface area is 167 Å². The summed E-state index contributed by atoms with van der Waals surface area (Å²) < 4.78 is 1.68. The van der Waals surface area contributed by atoms with Crippen molar-refractivity contribution in [2.45, 2.75) is 19.9 Å². The predicted octanol–water partition coefficient (Wildman–Crippen LogP) is 3.52. The van der Waals surface area contributed by atoms with Crippen LogP contribution in [0.25, 0.3) is 10.9 Å². The minimum Gasteiger partial charge on any atom is -0.334 e. The molecule has 1 aromatic heterocycles. The molecule has 0 bridgehead atoms. The second-order valence-electron chi connectivity index (χ2n) is 6.59. The molecule has 3 rings (SSSR count). The first kappa shape index (κ1) is 19.5. The predicted molar refractivity (Wildman–Crippen MR) is 111 cm³/mol. The molecule has 0 spiro atoms. The molecular weight excluding hydrogens is 372 g/mol. The normalized spacial score (nSPS) is 10.6. The molecule has 1 N–H and O–H groups in total. The molecule has 7 heteroatoms. The van der Waals surface area contributed by atoms with Crippen molar-refractivity contribution < 1.29 is 4.79 Å². The van der Waals surface area contributed by atoms with E-state index in [4.69, 9.17) is 17.5 Å². The Morgan fingerprint density at radius 3 is 2.61 bits per heavy atom. The summed E-state index contributed by atoms with van der Waals surface area (Å²) in [7, 11) is 1.61. The maximum Gasteiger partial charge on any atom is 0.261 e. The van der Waals surface area contributed by atoms with Gasteiger partial charge in [-0.25, -0.2) is 0 Å². The van der Waals surface area contributed by atoms with E-state index in [1.807, 2.05) is 19.1 Å². The van der Waals surface area contributed by atoms with Crippen LogP contribution in [-0.4, -0.2) is 26.9 Å². The van der Waals surface area contributed by atoms with Crippen LogP contribution in [0.1, 0.15) is 34.8 Å². The standard InChI is InChI=1S/C21H20N4O2S/c1-3-10-25(13-15-6-4-14(12-22)5-7-15)19(26)16-8-9-17-18(11-16)23-21(28)24(2)20(17)27/h4-9,11H,3,10,13H2,1-2H3,(H,23,28). The van der Waals surface area contributed by atoms with Crippen molar-refractivity contribution in [3.63, 3.8) is 0 Å². The smallest absolute Gasteiger partial charge is 0.261 e. The second-order valence-corrected chi connectivity index (χ2v) is 6.98. The van der Waals surface area contributed by atoms with Crippen molar-refractivity contribution in [3.05, 3.63) is 74.3 Å². The van der Waals surface area contributed by atoms with Gasteiger partial charge in [-0.05, 0) is 54.5 Å². The molecule has 0 radical (unpaired) electrons. The number of carbonyl (C=O) groups is 1. The maximum atomic E-state index is 13.1. The fourth-order valence-corrected chi connectivity index (χ4v) is 3.24. The van der Waals surface area contributed by atoms with E-state index in [9.17, 15) is 9.59 Å². The van der Waals surface area contributed by atoms with E-state index in [2.05, 4.69) is 11.1 Å². The summed E-state index contributed by atoms with van der Waals surface area (Å²) in [6, 6.07) is 14.3. The summed E-state index contributed by atoms with van der Waals surface area (Å²) in [4.78, 5) is 30.2. The number of hydrogen-bond donors (Lipinski definition) is 1. The zero-order chi connectivity index (χ0) is 20.3. The Balaban J connectivity index is 1.94. The lowest BCUT2D eigenvalue weighted by Gasteiger charge is -2.22. The van der Waals surface area contributed by atoms with Crippen LogP contribution >= 0.6 is 12.2 Å². The SMILES string of the molecule is CCCN(Cc1ccc(C#N)cc1)C(=O)c1ccc2c(=O)n(C)c(=S)[nH]c2c1. The average Bonchev–Trinajstić information content (AvgIpc) is 2.71. The topological polar surface area (TPSA) is 81.9 Å². The zero-order valence-electron chi connectivity index (χ0n) is 15.7. The third-order valence-corrected chi connectivity index (χ3v) is 4.96. The number of aromatic amines is 1. The monoisotopic (exact) mass is 392 g/mol. The minimum atomic E-state index is -0.194. The van der Waals surface area contributed by atoms with Crippen LogP contribution in [0.3, 0.4) is 0 Å². The van der Waals surface area contributed by atoms with E-state index >= 15 is 0 Å². The molecule has 1 heterocycles. The van der Waals surface area contributed by atoms with Gasteiger partial charge in [-0.1, -0.05) is 19.1 Å². The molecule has 3 aromatic rings. The number of aromatic nitrogens is 2. The van der Waals surface area contributed by atoms with Gasteiger partial charge in [-0.3, -0.25) is 14.2 Å². The first-order valence-electron chi connectivity index (χ1n) is 8.96. The minimum absolute atomic E-state index is 0.117. The molecular formula is C21H20N4O2S. The average molecular weight is 392 g/mol. The molecule has 0 saturated carbocycles. The molecule has 0 unspecified atom stereocenters. The first-order chi connectivity index (χ1) is 13.4. The zero-order valence-corrected chi connectivity index (χ0v) is 16.5. The van der Waals surface area contributed by atoms with Gasteiger partial charge in [0.2, 0.25) is 0 Å². The highest BCUT2D eigenvalue weighted by Gasteiger charge is 2.17.